The number of para-hydroxylation sites is 4. The van der Waals surface area contributed by atoms with E-state index >= 15 is 0 Å². The highest BCUT2D eigenvalue weighted by molar-refractivity contribution is 7.00. The van der Waals surface area contributed by atoms with Crippen LogP contribution < -0.4 is 26.2 Å². The van der Waals surface area contributed by atoms with Gasteiger partial charge in [0.15, 0.2) is 0 Å². The van der Waals surface area contributed by atoms with Crippen LogP contribution in [0.4, 0.5) is 34.1 Å². The van der Waals surface area contributed by atoms with Crippen LogP contribution >= 0.6 is 0 Å². The van der Waals surface area contributed by atoms with E-state index in [0.717, 1.165) is 73.1 Å². The third-order valence-corrected chi connectivity index (χ3v) is 17.0. The van der Waals surface area contributed by atoms with E-state index in [1.807, 2.05) is 0 Å². The molecule has 2 aliphatic rings. The standard InChI is InChI=1S/C78H52BN3/c1-7-24-53(25-8-1)55-44-47-61(48-45-55)80-72-49-46-60(54-26-9-2-10-27-54)50-70(72)79-69-42-19-20-43-71(69)82(76-63(56-28-11-3-12-29-56)36-21-37-64(76)57-30-13-4-14-31-57)74-52-62(51-73(80)75(74)79)81-77-65(58-32-15-5-16-33-58)38-22-40-67(77)68-41-23-39-66(78(68)81)59-34-17-6-18-35-59/h1-52H. The smallest absolute Gasteiger partial charge is 0.252 e. The van der Waals surface area contributed by atoms with Crippen LogP contribution in [0, 0.1) is 0 Å². The highest BCUT2D eigenvalue weighted by Gasteiger charge is 2.45. The maximum absolute atomic E-state index is 2.63. The molecule has 0 bridgehead atoms. The number of hydrogen-bond donors (Lipinski definition) is 0. The van der Waals surface area contributed by atoms with Crippen LogP contribution in [0.25, 0.3) is 94.3 Å². The first-order chi connectivity index (χ1) is 40.7. The van der Waals surface area contributed by atoms with Crippen molar-refractivity contribution < 1.29 is 0 Å². The molecule has 1 aromatic heterocycles. The molecule has 0 aliphatic carbocycles. The molecule has 2 aliphatic heterocycles. The second kappa shape index (κ2) is 19.6. The fourth-order valence-electron chi connectivity index (χ4n) is 13.4. The van der Waals surface area contributed by atoms with E-state index in [2.05, 4.69) is 330 Å². The first-order valence-corrected chi connectivity index (χ1v) is 28.4. The Morgan fingerprint density at radius 3 is 1.15 bits per heavy atom. The van der Waals surface area contributed by atoms with Crippen molar-refractivity contribution in [1.82, 2.24) is 4.57 Å². The molecular weight excluding hydrogens is 990 g/mol. The number of anilines is 6. The Bertz CT molecular complexity index is 4560. The summed E-state index contributed by atoms with van der Waals surface area (Å²) in [6.45, 7) is -0.132. The molecule has 0 spiro atoms. The van der Waals surface area contributed by atoms with E-state index in [0.29, 0.717) is 0 Å². The van der Waals surface area contributed by atoms with Crippen molar-refractivity contribution in [3.05, 3.63) is 315 Å². The quantitative estimate of drug-likeness (QED) is 0.134. The molecule has 0 unspecified atom stereocenters. The first kappa shape index (κ1) is 47.3. The number of aromatic nitrogens is 1. The molecular formula is C78H52BN3. The van der Waals surface area contributed by atoms with E-state index in [1.54, 1.807) is 0 Å². The van der Waals surface area contributed by atoms with Gasteiger partial charge in [-0.3, -0.25) is 0 Å². The van der Waals surface area contributed by atoms with Gasteiger partial charge in [0.25, 0.3) is 6.71 Å². The van der Waals surface area contributed by atoms with Gasteiger partial charge in [-0.15, -0.1) is 0 Å². The molecule has 4 heteroatoms. The zero-order valence-corrected chi connectivity index (χ0v) is 44.9. The van der Waals surface area contributed by atoms with E-state index in [9.17, 15) is 0 Å². The average molecular weight is 1040 g/mol. The normalized spacial score (nSPS) is 12.3. The van der Waals surface area contributed by atoms with Crippen LogP contribution in [0.2, 0.25) is 0 Å². The maximum Gasteiger partial charge on any atom is 0.252 e. The molecule has 3 nitrogen and oxygen atoms in total. The van der Waals surface area contributed by atoms with Crippen molar-refractivity contribution in [3.8, 4) is 72.4 Å². The monoisotopic (exact) mass is 1040 g/mol. The van der Waals surface area contributed by atoms with E-state index in [1.165, 1.54) is 71.7 Å². The van der Waals surface area contributed by atoms with Crippen molar-refractivity contribution in [3.63, 3.8) is 0 Å². The van der Waals surface area contributed by atoms with E-state index in [4.69, 9.17) is 0 Å². The third kappa shape index (κ3) is 7.68. The Morgan fingerprint density at radius 1 is 0.232 bits per heavy atom. The van der Waals surface area contributed by atoms with Gasteiger partial charge in [0.1, 0.15) is 0 Å². The molecule has 0 fully saturated rings. The Balaban J connectivity index is 1.08. The van der Waals surface area contributed by atoms with Gasteiger partial charge in [-0.1, -0.05) is 279 Å². The van der Waals surface area contributed by atoms with Gasteiger partial charge in [0, 0.05) is 61.5 Å². The lowest BCUT2D eigenvalue weighted by Crippen LogP contribution is -2.61. The fourth-order valence-corrected chi connectivity index (χ4v) is 13.4. The largest absolute Gasteiger partial charge is 0.311 e. The van der Waals surface area contributed by atoms with Crippen molar-refractivity contribution in [2.75, 3.05) is 9.80 Å². The predicted octanol–water partition coefficient (Wildman–Crippen LogP) is 18.9. The molecule has 382 valence electrons. The Morgan fingerprint density at radius 2 is 0.622 bits per heavy atom. The minimum atomic E-state index is -0.132. The summed E-state index contributed by atoms with van der Waals surface area (Å²) in [5.74, 6) is 0. The molecule has 0 N–H and O–H groups in total. The highest BCUT2D eigenvalue weighted by Crippen LogP contribution is 2.52. The highest BCUT2D eigenvalue weighted by atomic mass is 15.2. The third-order valence-electron chi connectivity index (χ3n) is 17.0. The van der Waals surface area contributed by atoms with Crippen LogP contribution in [0.5, 0.6) is 0 Å². The summed E-state index contributed by atoms with van der Waals surface area (Å²) in [5.41, 5.74) is 28.0. The van der Waals surface area contributed by atoms with Crippen LogP contribution in [0.1, 0.15) is 0 Å². The summed E-state index contributed by atoms with van der Waals surface area (Å²) in [4.78, 5) is 5.20. The number of hydrogen-bond acceptors (Lipinski definition) is 2. The topological polar surface area (TPSA) is 11.4 Å². The second-order valence-electron chi connectivity index (χ2n) is 21.5. The maximum atomic E-state index is 2.63. The molecule has 13 aromatic carbocycles. The SMILES string of the molecule is c1ccc(-c2ccc(N3c4ccc(-c5ccccc5)cc4B4c5ccccc5N(c5c(-c6ccccc6)cccc5-c5ccccc5)c5cc(-n6c7c(-c8ccccc8)cccc7c7cccc(-c8ccccc8)c76)cc3c54)cc2)cc1. The number of benzene rings is 13. The molecule has 0 amide bonds. The molecule has 0 atom stereocenters. The first-order valence-electron chi connectivity index (χ1n) is 28.4. The minimum Gasteiger partial charge on any atom is -0.311 e. The second-order valence-corrected chi connectivity index (χ2v) is 21.5. The summed E-state index contributed by atoms with van der Waals surface area (Å²) in [7, 11) is 0. The lowest BCUT2D eigenvalue weighted by molar-refractivity contribution is 1.16. The van der Waals surface area contributed by atoms with Crippen LogP contribution in [-0.4, -0.2) is 11.3 Å². The molecule has 3 heterocycles. The summed E-state index contributed by atoms with van der Waals surface area (Å²) in [6.07, 6.45) is 0. The molecule has 0 saturated heterocycles. The van der Waals surface area contributed by atoms with Gasteiger partial charge in [-0.25, -0.2) is 0 Å². The zero-order chi connectivity index (χ0) is 54.1. The Hall–Kier alpha value is -10.7. The predicted molar refractivity (Wildman–Crippen MR) is 347 cm³/mol. The van der Waals surface area contributed by atoms with Gasteiger partial charge >= 0.3 is 0 Å². The molecule has 16 rings (SSSR count). The van der Waals surface area contributed by atoms with Crippen molar-refractivity contribution in [2.45, 2.75) is 0 Å². The molecule has 82 heavy (non-hydrogen) atoms. The Labute approximate surface area is 478 Å². The molecule has 0 saturated carbocycles. The van der Waals surface area contributed by atoms with Gasteiger partial charge in [0.2, 0.25) is 0 Å². The lowest BCUT2D eigenvalue weighted by Gasteiger charge is -2.45. The number of nitrogens with zero attached hydrogens (tertiary/aromatic N) is 3. The van der Waals surface area contributed by atoms with Crippen LogP contribution in [-0.2, 0) is 0 Å². The van der Waals surface area contributed by atoms with E-state index < -0.39 is 0 Å². The summed E-state index contributed by atoms with van der Waals surface area (Å²) < 4.78 is 2.60. The van der Waals surface area contributed by atoms with Gasteiger partial charge < -0.3 is 14.4 Å². The lowest BCUT2D eigenvalue weighted by atomic mass is 9.33. The zero-order valence-electron chi connectivity index (χ0n) is 44.9. The molecule has 0 radical (unpaired) electrons. The van der Waals surface area contributed by atoms with E-state index in [-0.39, 0.29) is 6.71 Å². The average Bonchev–Trinajstić information content (AvgIpc) is 3.36. The summed E-state index contributed by atoms with van der Waals surface area (Å²) >= 11 is 0. The van der Waals surface area contributed by atoms with Crippen molar-refractivity contribution >= 4 is 79.0 Å². The van der Waals surface area contributed by atoms with Gasteiger partial charge in [-0.05, 0) is 97.3 Å². The molecule has 14 aromatic rings. The van der Waals surface area contributed by atoms with Crippen LogP contribution in [0.3, 0.4) is 0 Å². The van der Waals surface area contributed by atoms with Crippen molar-refractivity contribution in [1.29, 1.82) is 0 Å². The fraction of sp³-hybridized carbons (Fsp3) is 0. The van der Waals surface area contributed by atoms with Crippen molar-refractivity contribution in [2.24, 2.45) is 0 Å². The minimum absolute atomic E-state index is 0.132. The number of fused-ring (bicyclic) bond motifs is 7. The van der Waals surface area contributed by atoms with Gasteiger partial charge in [-0.2, -0.15) is 0 Å². The Kier molecular flexibility index (Phi) is 11.3. The van der Waals surface area contributed by atoms with Gasteiger partial charge in [0.05, 0.1) is 22.4 Å². The summed E-state index contributed by atoms with van der Waals surface area (Å²) in [5, 5.41) is 2.40. The van der Waals surface area contributed by atoms with Crippen LogP contribution in [0.15, 0.2) is 315 Å². The number of rotatable bonds is 9. The summed E-state index contributed by atoms with van der Waals surface area (Å²) in [6, 6.07) is 117.